The molecule has 0 atom stereocenters. The van der Waals surface area contributed by atoms with E-state index in [1.54, 1.807) is 11.8 Å². The van der Waals surface area contributed by atoms with Gasteiger partial charge in [0.05, 0.1) is 11.2 Å². The van der Waals surface area contributed by atoms with Crippen LogP contribution in [0.1, 0.15) is 26.7 Å². The molecule has 98 valence electrons. The van der Waals surface area contributed by atoms with Crippen LogP contribution in [-0.2, 0) is 0 Å². The molecule has 0 radical (unpaired) electrons. The number of amidine groups is 1. The minimum Gasteiger partial charge on any atom is -0.333 e. The van der Waals surface area contributed by atoms with E-state index in [1.165, 1.54) is 12.1 Å². The second-order valence-electron chi connectivity index (χ2n) is 4.39. The van der Waals surface area contributed by atoms with Crippen LogP contribution in [0.25, 0.3) is 0 Å². The molecule has 2 nitrogen and oxygen atoms in total. The number of benzene rings is 1. The SMILES string of the molecule is CCC1(CC)CSC(Nc2ccc(F)cc2F)=N1. The van der Waals surface area contributed by atoms with E-state index in [2.05, 4.69) is 24.2 Å². The molecule has 1 aromatic rings. The van der Waals surface area contributed by atoms with Crippen molar-refractivity contribution in [3.05, 3.63) is 29.8 Å². The van der Waals surface area contributed by atoms with Crippen LogP contribution in [0.15, 0.2) is 23.2 Å². The van der Waals surface area contributed by atoms with Crippen molar-refractivity contribution in [3.63, 3.8) is 0 Å². The smallest absolute Gasteiger partial charge is 0.161 e. The number of anilines is 1. The van der Waals surface area contributed by atoms with Gasteiger partial charge in [-0.2, -0.15) is 0 Å². The van der Waals surface area contributed by atoms with Crippen molar-refractivity contribution in [1.29, 1.82) is 0 Å². The first-order chi connectivity index (χ1) is 8.58. The normalized spacial score (nSPS) is 17.7. The number of hydrogen-bond acceptors (Lipinski definition) is 3. The maximum Gasteiger partial charge on any atom is 0.161 e. The van der Waals surface area contributed by atoms with Crippen LogP contribution in [-0.4, -0.2) is 16.5 Å². The molecule has 0 fully saturated rings. The van der Waals surface area contributed by atoms with Crippen molar-refractivity contribution in [3.8, 4) is 0 Å². The fourth-order valence-corrected chi connectivity index (χ4v) is 3.18. The van der Waals surface area contributed by atoms with E-state index < -0.39 is 11.6 Å². The molecule has 18 heavy (non-hydrogen) atoms. The fourth-order valence-electron chi connectivity index (χ4n) is 1.86. The molecule has 0 bridgehead atoms. The van der Waals surface area contributed by atoms with Gasteiger partial charge >= 0.3 is 0 Å². The van der Waals surface area contributed by atoms with Gasteiger partial charge in [0.25, 0.3) is 0 Å². The number of thioether (sulfide) groups is 1. The van der Waals surface area contributed by atoms with Gasteiger partial charge in [-0.3, -0.25) is 4.99 Å². The van der Waals surface area contributed by atoms with Gasteiger partial charge in [0.2, 0.25) is 0 Å². The highest BCUT2D eigenvalue weighted by atomic mass is 32.2. The zero-order valence-corrected chi connectivity index (χ0v) is 11.3. The molecule has 5 heteroatoms. The van der Waals surface area contributed by atoms with E-state index >= 15 is 0 Å². The summed E-state index contributed by atoms with van der Waals surface area (Å²) in [6, 6.07) is 3.50. The Balaban J connectivity index is 2.15. The maximum absolute atomic E-state index is 13.5. The molecular formula is C13H16F2N2S. The van der Waals surface area contributed by atoms with Gasteiger partial charge in [-0.15, -0.1) is 0 Å². The van der Waals surface area contributed by atoms with Crippen LogP contribution in [0.4, 0.5) is 14.5 Å². The fraction of sp³-hybridized carbons (Fsp3) is 0.462. The van der Waals surface area contributed by atoms with Crippen molar-refractivity contribution in [2.75, 3.05) is 11.1 Å². The topological polar surface area (TPSA) is 24.4 Å². The van der Waals surface area contributed by atoms with Gasteiger partial charge in [-0.1, -0.05) is 25.6 Å². The monoisotopic (exact) mass is 270 g/mol. The Hall–Kier alpha value is -1.10. The predicted molar refractivity (Wildman–Crippen MR) is 73.2 cm³/mol. The molecule has 1 aromatic carbocycles. The van der Waals surface area contributed by atoms with Crippen molar-refractivity contribution in [2.24, 2.45) is 4.99 Å². The Kier molecular flexibility index (Phi) is 3.90. The van der Waals surface area contributed by atoms with Gasteiger partial charge < -0.3 is 5.32 Å². The van der Waals surface area contributed by atoms with Crippen molar-refractivity contribution < 1.29 is 8.78 Å². The summed E-state index contributed by atoms with van der Waals surface area (Å²) in [5, 5.41) is 3.64. The van der Waals surface area contributed by atoms with E-state index in [0.29, 0.717) is 5.17 Å². The highest BCUT2D eigenvalue weighted by Gasteiger charge is 2.32. The van der Waals surface area contributed by atoms with Crippen LogP contribution >= 0.6 is 11.8 Å². The zero-order valence-electron chi connectivity index (χ0n) is 10.5. The van der Waals surface area contributed by atoms with Crippen LogP contribution < -0.4 is 5.32 Å². The molecule has 0 aliphatic carbocycles. The second-order valence-corrected chi connectivity index (χ2v) is 5.35. The molecule has 0 unspecified atom stereocenters. The lowest BCUT2D eigenvalue weighted by molar-refractivity contribution is 0.456. The average Bonchev–Trinajstić information content (AvgIpc) is 2.77. The Morgan fingerprint density at radius 3 is 2.61 bits per heavy atom. The van der Waals surface area contributed by atoms with Crippen molar-refractivity contribution in [2.45, 2.75) is 32.2 Å². The highest BCUT2D eigenvalue weighted by molar-refractivity contribution is 8.14. The third kappa shape index (κ3) is 2.66. The molecule has 1 N–H and O–H groups in total. The second kappa shape index (κ2) is 5.26. The minimum atomic E-state index is -0.594. The molecule has 1 heterocycles. The summed E-state index contributed by atoms with van der Waals surface area (Å²) in [5.41, 5.74) is 0.231. The third-order valence-corrected chi connectivity index (χ3v) is 4.45. The molecular weight excluding hydrogens is 254 g/mol. The predicted octanol–water partition coefficient (Wildman–Crippen LogP) is 4.04. The lowest BCUT2D eigenvalue weighted by Crippen LogP contribution is -2.24. The molecule has 1 aliphatic rings. The van der Waals surface area contributed by atoms with Gasteiger partial charge in [0.15, 0.2) is 5.17 Å². The first-order valence-corrected chi connectivity index (χ1v) is 7.02. The Morgan fingerprint density at radius 2 is 2.06 bits per heavy atom. The van der Waals surface area contributed by atoms with Gasteiger partial charge in [-0.05, 0) is 25.0 Å². The van der Waals surface area contributed by atoms with Crippen molar-refractivity contribution >= 4 is 22.6 Å². The Bertz CT molecular complexity index is 470. The quantitative estimate of drug-likeness (QED) is 0.896. The van der Waals surface area contributed by atoms with Crippen LogP contribution in [0.3, 0.4) is 0 Å². The standard InChI is InChI=1S/C13H16F2N2S/c1-3-13(4-2)8-18-12(17-13)16-11-6-5-9(14)7-10(11)15/h5-7H,3-4,8H2,1-2H3,(H,16,17). The molecule has 0 spiro atoms. The van der Waals surface area contributed by atoms with E-state index in [4.69, 9.17) is 0 Å². The Labute approximate surface area is 110 Å². The molecule has 0 amide bonds. The summed E-state index contributed by atoms with van der Waals surface area (Å²) in [6.45, 7) is 4.21. The zero-order chi connectivity index (χ0) is 13.2. The number of hydrogen-bond donors (Lipinski definition) is 1. The Morgan fingerprint density at radius 1 is 1.33 bits per heavy atom. The number of nitrogens with one attached hydrogen (secondary N) is 1. The average molecular weight is 270 g/mol. The van der Waals surface area contributed by atoms with Gasteiger partial charge in [0, 0.05) is 11.8 Å². The summed E-state index contributed by atoms with van der Waals surface area (Å²) in [6.07, 6.45) is 1.93. The molecule has 2 rings (SSSR count). The largest absolute Gasteiger partial charge is 0.333 e. The lowest BCUT2D eigenvalue weighted by atomic mass is 9.97. The van der Waals surface area contributed by atoms with E-state index in [0.717, 1.165) is 24.7 Å². The van der Waals surface area contributed by atoms with Crippen molar-refractivity contribution in [1.82, 2.24) is 0 Å². The van der Waals surface area contributed by atoms with Crippen LogP contribution in [0.2, 0.25) is 0 Å². The highest BCUT2D eigenvalue weighted by Crippen LogP contribution is 2.34. The summed E-state index contributed by atoms with van der Waals surface area (Å²) in [5.74, 6) is -0.259. The number of rotatable bonds is 3. The first kappa shape index (κ1) is 13.3. The molecule has 0 saturated heterocycles. The number of nitrogens with zero attached hydrogens (tertiary/aromatic N) is 1. The van der Waals surface area contributed by atoms with E-state index in [1.807, 2.05) is 0 Å². The third-order valence-electron chi connectivity index (χ3n) is 3.31. The molecule has 0 saturated carbocycles. The summed E-state index contributed by atoms with van der Waals surface area (Å²) < 4.78 is 26.3. The van der Waals surface area contributed by atoms with Crippen LogP contribution in [0.5, 0.6) is 0 Å². The molecule has 0 aromatic heterocycles. The summed E-state index contributed by atoms with van der Waals surface area (Å²) in [7, 11) is 0. The minimum absolute atomic E-state index is 0.0382. The first-order valence-electron chi connectivity index (χ1n) is 6.03. The number of aliphatic imine (C=N–C) groups is 1. The number of halogens is 2. The lowest BCUT2D eigenvalue weighted by Gasteiger charge is -2.20. The molecule has 1 aliphatic heterocycles. The van der Waals surface area contributed by atoms with E-state index in [-0.39, 0.29) is 11.2 Å². The summed E-state index contributed by atoms with van der Waals surface area (Å²) >= 11 is 1.58. The van der Waals surface area contributed by atoms with E-state index in [9.17, 15) is 8.78 Å². The maximum atomic E-state index is 13.5. The van der Waals surface area contributed by atoms with Gasteiger partial charge in [-0.25, -0.2) is 8.78 Å². The van der Waals surface area contributed by atoms with Gasteiger partial charge in [0.1, 0.15) is 11.6 Å². The van der Waals surface area contributed by atoms with Crippen LogP contribution in [0, 0.1) is 11.6 Å². The summed E-state index contributed by atoms with van der Waals surface area (Å²) in [4.78, 5) is 4.62.